The second kappa shape index (κ2) is 8.47. The molecule has 0 aromatic heterocycles. The van der Waals surface area contributed by atoms with Gasteiger partial charge < -0.3 is 15.4 Å². The van der Waals surface area contributed by atoms with Crippen LogP contribution in [0.2, 0.25) is 0 Å². The first-order chi connectivity index (χ1) is 8.97. The van der Waals surface area contributed by atoms with Gasteiger partial charge in [0.25, 0.3) is 5.69 Å². The largest absolute Gasteiger partial charge is 0.383 e. The number of ether oxygens (including phenoxy) is 1. The Morgan fingerprint density at radius 3 is 2.65 bits per heavy atom. The minimum Gasteiger partial charge on any atom is -0.383 e. The predicted octanol–water partition coefficient (Wildman–Crippen LogP) is 0.949. The van der Waals surface area contributed by atoms with Crippen molar-refractivity contribution in [3.63, 3.8) is 0 Å². The van der Waals surface area contributed by atoms with E-state index in [-0.39, 0.29) is 37.2 Å². The molecule has 0 aliphatic rings. The molecule has 1 aromatic rings. The number of nitrogens with zero attached hydrogens (tertiary/aromatic N) is 2. The molecular formula is C12H18ClN3O4. The third-order valence-electron chi connectivity index (χ3n) is 2.64. The number of rotatable bonds is 6. The topological polar surface area (TPSA) is 98.7 Å². The number of carbonyl (C=O) groups excluding carboxylic acids is 1. The van der Waals surface area contributed by atoms with E-state index in [4.69, 9.17) is 10.5 Å². The fourth-order valence-electron chi connectivity index (χ4n) is 1.69. The highest BCUT2D eigenvalue weighted by atomic mass is 35.5. The number of methoxy groups -OCH3 is 1. The molecule has 0 aliphatic heterocycles. The van der Waals surface area contributed by atoms with E-state index >= 15 is 0 Å². The molecule has 2 N–H and O–H groups in total. The Morgan fingerprint density at radius 2 is 2.10 bits per heavy atom. The number of nitro groups is 1. The van der Waals surface area contributed by atoms with E-state index in [1.54, 1.807) is 25.2 Å². The molecule has 0 spiro atoms. The molecule has 1 atom stereocenters. The highest BCUT2D eigenvalue weighted by molar-refractivity contribution is 5.85. The first-order valence-corrected chi connectivity index (χ1v) is 5.69. The normalized spacial score (nSPS) is 11.3. The molecule has 0 bridgehead atoms. The van der Waals surface area contributed by atoms with Gasteiger partial charge in [-0.15, -0.1) is 12.4 Å². The van der Waals surface area contributed by atoms with Crippen molar-refractivity contribution < 1.29 is 14.5 Å². The van der Waals surface area contributed by atoms with Gasteiger partial charge in [-0.1, -0.05) is 18.2 Å². The number of halogens is 1. The van der Waals surface area contributed by atoms with Gasteiger partial charge in [-0.3, -0.25) is 14.9 Å². The molecule has 8 heteroatoms. The lowest BCUT2D eigenvalue weighted by atomic mass is 10.1. The molecule has 0 saturated carbocycles. The van der Waals surface area contributed by atoms with E-state index in [1.807, 2.05) is 0 Å². The Kier molecular flexibility index (Phi) is 7.75. The van der Waals surface area contributed by atoms with Crippen molar-refractivity contribution in [3.05, 3.63) is 39.9 Å². The summed E-state index contributed by atoms with van der Waals surface area (Å²) in [5.41, 5.74) is 6.08. The van der Waals surface area contributed by atoms with Crippen molar-refractivity contribution in [1.82, 2.24) is 4.90 Å². The second-order valence-electron chi connectivity index (χ2n) is 4.14. The maximum Gasteiger partial charge on any atom is 0.274 e. The Morgan fingerprint density at radius 1 is 1.50 bits per heavy atom. The highest BCUT2D eigenvalue weighted by Gasteiger charge is 2.21. The Bertz CT molecular complexity index is 470. The number of likely N-dealkylation sites (N-methyl/N-ethyl adjacent to an activating group) is 1. The van der Waals surface area contributed by atoms with Crippen molar-refractivity contribution in [1.29, 1.82) is 0 Å². The Labute approximate surface area is 123 Å². The van der Waals surface area contributed by atoms with Gasteiger partial charge in [0, 0.05) is 25.8 Å². The van der Waals surface area contributed by atoms with Crippen LogP contribution in [0.3, 0.4) is 0 Å². The molecule has 1 rings (SSSR count). The average Bonchev–Trinajstić information content (AvgIpc) is 2.38. The minimum atomic E-state index is -0.766. The number of nitro benzene ring substituents is 1. The molecule has 0 radical (unpaired) electrons. The number of nitrogens with two attached hydrogens (primary N) is 1. The van der Waals surface area contributed by atoms with E-state index in [1.165, 1.54) is 18.1 Å². The third-order valence-corrected chi connectivity index (χ3v) is 2.64. The summed E-state index contributed by atoms with van der Waals surface area (Å²) in [6.07, 6.45) is 0. The lowest BCUT2D eigenvalue weighted by Crippen LogP contribution is -2.44. The zero-order chi connectivity index (χ0) is 14.4. The molecule has 112 valence electrons. The zero-order valence-electron chi connectivity index (χ0n) is 11.3. The van der Waals surface area contributed by atoms with Crippen molar-refractivity contribution in [2.45, 2.75) is 12.6 Å². The summed E-state index contributed by atoms with van der Waals surface area (Å²) in [5.74, 6) is -0.319. The smallest absolute Gasteiger partial charge is 0.274 e. The third kappa shape index (κ3) is 4.76. The van der Waals surface area contributed by atoms with Gasteiger partial charge >= 0.3 is 0 Å². The number of carbonyl (C=O) groups is 1. The molecule has 7 nitrogen and oxygen atoms in total. The second-order valence-corrected chi connectivity index (χ2v) is 4.14. The summed E-state index contributed by atoms with van der Waals surface area (Å²) in [6.45, 7) is 0.244. The SMILES string of the molecule is COCC(N)C(=O)N(C)Cc1ccccc1[N+](=O)[O-].Cl. The van der Waals surface area contributed by atoms with Crippen LogP contribution < -0.4 is 5.73 Å². The van der Waals surface area contributed by atoms with Crippen LogP contribution in [-0.2, 0) is 16.1 Å². The molecule has 1 amide bonds. The lowest BCUT2D eigenvalue weighted by Gasteiger charge is -2.20. The van der Waals surface area contributed by atoms with Gasteiger partial charge in [0.1, 0.15) is 6.04 Å². The fraction of sp³-hybridized carbons (Fsp3) is 0.417. The lowest BCUT2D eigenvalue weighted by molar-refractivity contribution is -0.385. The van der Waals surface area contributed by atoms with Gasteiger partial charge in [-0.2, -0.15) is 0 Å². The predicted molar refractivity (Wildman–Crippen MR) is 76.7 cm³/mol. The van der Waals surface area contributed by atoms with E-state index in [9.17, 15) is 14.9 Å². The summed E-state index contributed by atoms with van der Waals surface area (Å²) in [6, 6.07) is 5.53. The Hall–Kier alpha value is -1.70. The number of benzene rings is 1. The number of amides is 1. The van der Waals surface area contributed by atoms with Gasteiger partial charge in [-0.25, -0.2) is 0 Å². The van der Waals surface area contributed by atoms with Crippen LogP contribution in [0.25, 0.3) is 0 Å². The monoisotopic (exact) mass is 303 g/mol. The van der Waals surface area contributed by atoms with Crippen LogP contribution in [0.5, 0.6) is 0 Å². The van der Waals surface area contributed by atoms with Gasteiger partial charge in [0.2, 0.25) is 5.91 Å². The minimum absolute atomic E-state index is 0. The van der Waals surface area contributed by atoms with Gasteiger partial charge in [-0.05, 0) is 0 Å². The molecule has 0 aliphatic carbocycles. The van der Waals surface area contributed by atoms with E-state index in [0.29, 0.717) is 5.56 Å². The van der Waals surface area contributed by atoms with Crippen molar-refractivity contribution in [2.75, 3.05) is 20.8 Å². The molecule has 1 aromatic carbocycles. The molecule has 20 heavy (non-hydrogen) atoms. The van der Waals surface area contributed by atoms with Crippen LogP contribution in [0, 0.1) is 10.1 Å². The van der Waals surface area contributed by atoms with Crippen molar-refractivity contribution >= 4 is 24.0 Å². The Balaban J connectivity index is 0.00000361. The van der Waals surface area contributed by atoms with Crippen LogP contribution in [0.15, 0.2) is 24.3 Å². The van der Waals surface area contributed by atoms with Crippen molar-refractivity contribution in [3.8, 4) is 0 Å². The van der Waals surface area contributed by atoms with Crippen LogP contribution in [-0.4, -0.2) is 42.5 Å². The number of para-hydroxylation sites is 1. The molecular weight excluding hydrogens is 286 g/mol. The summed E-state index contributed by atoms with van der Waals surface area (Å²) >= 11 is 0. The number of hydrogen-bond acceptors (Lipinski definition) is 5. The van der Waals surface area contributed by atoms with Crippen molar-refractivity contribution in [2.24, 2.45) is 5.73 Å². The standard InChI is InChI=1S/C12H17N3O4.ClH/c1-14(12(16)10(13)8-19-2)7-9-5-3-4-6-11(9)15(17)18;/h3-6,10H,7-8,13H2,1-2H3;1H. The zero-order valence-corrected chi connectivity index (χ0v) is 12.1. The van der Waals surface area contributed by atoms with Crippen LogP contribution in [0.1, 0.15) is 5.56 Å². The molecule has 1 unspecified atom stereocenters. The van der Waals surface area contributed by atoms with E-state index in [2.05, 4.69) is 0 Å². The maximum absolute atomic E-state index is 11.9. The first kappa shape index (κ1) is 18.3. The summed E-state index contributed by atoms with van der Waals surface area (Å²) < 4.78 is 4.81. The first-order valence-electron chi connectivity index (χ1n) is 5.69. The van der Waals surface area contributed by atoms with E-state index < -0.39 is 11.0 Å². The van der Waals surface area contributed by atoms with Crippen LogP contribution >= 0.6 is 12.4 Å². The van der Waals surface area contributed by atoms with Gasteiger partial charge in [0.15, 0.2) is 0 Å². The van der Waals surface area contributed by atoms with E-state index in [0.717, 1.165) is 0 Å². The summed E-state index contributed by atoms with van der Waals surface area (Å²) in [7, 11) is 3.00. The fourth-order valence-corrected chi connectivity index (χ4v) is 1.69. The summed E-state index contributed by atoms with van der Waals surface area (Å²) in [5, 5.41) is 10.9. The summed E-state index contributed by atoms with van der Waals surface area (Å²) in [4.78, 5) is 23.6. The molecule has 0 fully saturated rings. The average molecular weight is 304 g/mol. The quantitative estimate of drug-likeness (QED) is 0.623. The highest BCUT2D eigenvalue weighted by Crippen LogP contribution is 2.19. The van der Waals surface area contributed by atoms with Crippen LogP contribution in [0.4, 0.5) is 5.69 Å². The molecule has 0 saturated heterocycles. The molecule has 0 heterocycles. The van der Waals surface area contributed by atoms with Gasteiger partial charge in [0.05, 0.1) is 18.1 Å². The maximum atomic E-state index is 11.9. The number of hydrogen-bond donors (Lipinski definition) is 1.